The molecule has 2 atom stereocenters. The molecule has 0 aromatic heterocycles. The number of rotatable bonds is 4. The van der Waals surface area contributed by atoms with Gasteiger partial charge in [-0.05, 0) is 38.3 Å². The van der Waals surface area contributed by atoms with Crippen LogP contribution in [0.2, 0.25) is 0 Å². The van der Waals surface area contributed by atoms with Gasteiger partial charge in [0.1, 0.15) is 6.29 Å². The largest absolute Gasteiger partial charge is 0.303 e. The maximum Gasteiger partial charge on any atom is 0.240 e. The van der Waals surface area contributed by atoms with Gasteiger partial charge in [-0.1, -0.05) is 17.7 Å². The van der Waals surface area contributed by atoms with E-state index in [-0.39, 0.29) is 16.9 Å². The van der Waals surface area contributed by atoms with Crippen LogP contribution in [0, 0.1) is 12.8 Å². The smallest absolute Gasteiger partial charge is 0.240 e. The Hall–Kier alpha value is -1.20. The molecule has 18 heavy (non-hydrogen) atoms. The van der Waals surface area contributed by atoms with Crippen molar-refractivity contribution in [2.75, 3.05) is 0 Å². The lowest BCUT2D eigenvalue weighted by molar-refractivity contribution is -0.110. The summed E-state index contributed by atoms with van der Waals surface area (Å²) in [6.07, 6.45) is 3.02. The molecule has 0 saturated heterocycles. The molecule has 4 nitrogen and oxygen atoms in total. The summed E-state index contributed by atoms with van der Waals surface area (Å²) in [6.45, 7) is 1.91. The summed E-state index contributed by atoms with van der Waals surface area (Å²) < 4.78 is 26.9. The van der Waals surface area contributed by atoms with Crippen LogP contribution in [0.1, 0.15) is 24.8 Å². The van der Waals surface area contributed by atoms with Crippen molar-refractivity contribution in [2.24, 2.45) is 5.92 Å². The summed E-state index contributed by atoms with van der Waals surface area (Å²) in [6, 6.07) is 6.63. The minimum Gasteiger partial charge on any atom is -0.303 e. The number of aryl methyl sites for hydroxylation is 1. The molecule has 0 heterocycles. The average molecular weight is 267 g/mol. The third kappa shape index (κ3) is 2.97. The van der Waals surface area contributed by atoms with Crippen molar-refractivity contribution in [1.82, 2.24) is 4.72 Å². The molecule has 2 unspecified atom stereocenters. The number of hydrogen-bond donors (Lipinski definition) is 1. The number of carbonyl (C=O) groups excluding carboxylic acids is 1. The third-order valence-electron chi connectivity index (χ3n) is 3.32. The van der Waals surface area contributed by atoms with E-state index in [0.29, 0.717) is 6.42 Å². The summed E-state index contributed by atoms with van der Waals surface area (Å²) in [4.78, 5) is 10.9. The van der Waals surface area contributed by atoms with Crippen molar-refractivity contribution in [3.8, 4) is 0 Å². The molecule has 0 aliphatic heterocycles. The Bertz CT molecular complexity index is 522. The first-order valence-electron chi connectivity index (χ1n) is 6.05. The summed E-state index contributed by atoms with van der Waals surface area (Å²) >= 11 is 0. The average Bonchev–Trinajstić information content (AvgIpc) is 2.76. The van der Waals surface area contributed by atoms with Gasteiger partial charge in [0.15, 0.2) is 0 Å². The standard InChI is InChI=1S/C13H17NO3S/c1-10-2-6-13(7-3-10)18(16,17)14-12-5-4-11(8-12)9-15/h2-3,6-7,9,11-12,14H,4-5,8H2,1H3. The van der Waals surface area contributed by atoms with Gasteiger partial charge in [-0.2, -0.15) is 0 Å². The van der Waals surface area contributed by atoms with E-state index in [4.69, 9.17) is 0 Å². The SMILES string of the molecule is Cc1ccc(S(=O)(=O)NC2CCC(C=O)C2)cc1. The second-order valence-electron chi connectivity index (χ2n) is 4.84. The molecule has 1 aromatic carbocycles. The normalized spacial score (nSPS) is 24.1. The van der Waals surface area contributed by atoms with Gasteiger partial charge >= 0.3 is 0 Å². The fraction of sp³-hybridized carbons (Fsp3) is 0.462. The van der Waals surface area contributed by atoms with Crippen molar-refractivity contribution >= 4 is 16.3 Å². The van der Waals surface area contributed by atoms with Gasteiger partial charge in [0, 0.05) is 12.0 Å². The van der Waals surface area contributed by atoms with E-state index >= 15 is 0 Å². The summed E-state index contributed by atoms with van der Waals surface area (Å²) in [5.41, 5.74) is 1.02. The number of sulfonamides is 1. The number of aldehydes is 1. The molecule has 0 bridgehead atoms. The molecule has 0 radical (unpaired) electrons. The predicted molar refractivity (Wildman–Crippen MR) is 68.7 cm³/mol. The van der Waals surface area contributed by atoms with Crippen LogP contribution < -0.4 is 4.72 Å². The Morgan fingerprint density at radius 1 is 1.22 bits per heavy atom. The Kier molecular flexibility index (Phi) is 3.82. The van der Waals surface area contributed by atoms with Crippen LogP contribution in [0.4, 0.5) is 0 Å². The molecule has 0 spiro atoms. The first kappa shape index (κ1) is 13.2. The second-order valence-corrected chi connectivity index (χ2v) is 6.55. The molecule has 2 rings (SSSR count). The molecule has 1 N–H and O–H groups in total. The molecule has 5 heteroatoms. The molecule has 1 saturated carbocycles. The molecular formula is C13H17NO3S. The Morgan fingerprint density at radius 2 is 1.89 bits per heavy atom. The van der Waals surface area contributed by atoms with E-state index in [1.807, 2.05) is 6.92 Å². The monoisotopic (exact) mass is 267 g/mol. The molecule has 1 aromatic rings. The van der Waals surface area contributed by atoms with Gasteiger partial charge in [0.05, 0.1) is 4.90 Å². The van der Waals surface area contributed by atoms with Crippen LogP contribution in [-0.2, 0) is 14.8 Å². The highest BCUT2D eigenvalue weighted by Crippen LogP contribution is 2.25. The van der Waals surface area contributed by atoms with E-state index in [1.165, 1.54) is 0 Å². The lowest BCUT2D eigenvalue weighted by Gasteiger charge is -2.12. The van der Waals surface area contributed by atoms with E-state index in [1.54, 1.807) is 24.3 Å². The highest BCUT2D eigenvalue weighted by Gasteiger charge is 2.28. The fourth-order valence-electron chi connectivity index (χ4n) is 2.25. The lowest BCUT2D eigenvalue weighted by Crippen LogP contribution is -2.33. The number of benzene rings is 1. The van der Waals surface area contributed by atoms with E-state index in [2.05, 4.69) is 4.72 Å². The molecule has 98 valence electrons. The van der Waals surface area contributed by atoms with Crippen LogP contribution in [0.25, 0.3) is 0 Å². The topological polar surface area (TPSA) is 63.2 Å². The first-order chi connectivity index (χ1) is 8.51. The summed E-state index contributed by atoms with van der Waals surface area (Å²) in [7, 11) is -3.46. The molecule has 1 aliphatic carbocycles. The first-order valence-corrected chi connectivity index (χ1v) is 7.54. The molecule has 1 aliphatic rings. The molecular weight excluding hydrogens is 250 g/mol. The number of nitrogens with one attached hydrogen (secondary N) is 1. The minimum absolute atomic E-state index is 0.00396. The highest BCUT2D eigenvalue weighted by atomic mass is 32.2. The zero-order valence-corrected chi connectivity index (χ0v) is 11.1. The quantitative estimate of drug-likeness (QED) is 0.844. The van der Waals surface area contributed by atoms with E-state index in [9.17, 15) is 13.2 Å². The van der Waals surface area contributed by atoms with Crippen LogP contribution in [-0.4, -0.2) is 20.7 Å². The van der Waals surface area contributed by atoms with E-state index < -0.39 is 10.0 Å². The Labute approximate surface area is 107 Å². The van der Waals surface area contributed by atoms with Crippen molar-refractivity contribution in [3.05, 3.63) is 29.8 Å². The third-order valence-corrected chi connectivity index (χ3v) is 4.86. The second kappa shape index (κ2) is 5.20. The highest BCUT2D eigenvalue weighted by molar-refractivity contribution is 7.89. The Balaban J connectivity index is 2.08. The van der Waals surface area contributed by atoms with Gasteiger partial charge in [0.2, 0.25) is 10.0 Å². The van der Waals surface area contributed by atoms with Crippen LogP contribution in [0.3, 0.4) is 0 Å². The van der Waals surface area contributed by atoms with Crippen molar-refractivity contribution < 1.29 is 13.2 Å². The van der Waals surface area contributed by atoms with Gasteiger partial charge < -0.3 is 4.79 Å². The number of carbonyl (C=O) groups is 1. The van der Waals surface area contributed by atoms with Gasteiger partial charge in [-0.3, -0.25) is 0 Å². The lowest BCUT2D eigenvalue weighted by atomic mass is 10.1. The molecule has 1 fully saturated rings. The minimum atomic E-state index is -3.46. The fourth-order valence-corrected chi connectivity index (χ4v) is 3.54. The zero-order valence-electron chi connectivity index (χ0n) is 10.3. The summed E-state index contributed by atoms with van der Waals surface area (Å²) in [5.74, 6) is -0.00396. The van der Waals surface area contributed by atoms with Crippen LogP contribution in [0.15, 0.2) is 29.2 Å². The maximum atomic E-state index is 12.1. The zero-order chi connectivity index (χ0) is 13.2. The van der Waals surface area contributed by atoms with Crippen LogP contribution >= 0.6 is 0 Å². The van der Waals surface area contributed by atoms with Gasteiger partial charge in [0.25, 0.3) is 0 Å². The maximum absolute atomic E-state index is 12.1. The number of hydrogen-bond acceptors (Lipinski definition) is 3. The summed E-state index contributed by atoms with van der Waals surface area (Å²) in [5, 5.41) is 0. The van der Waals surface area contributed by atoms with Crippen LogP contribution in [0.5, 0.6) is 0 Å². The van der Waals surface area contributed by atoms with E-state index in [0.717, 1.165) is 24.7 Å². The van der Waals surface area contributed by atoms with Gasteiger partial charge in [-0.25, -0.2) is 13.1 Å². The predicted octanol–water partition coefficient (Wildman–Crippen LogP) is 1.64. The van der Waals surface area contributed by atoms with Crippen molar-refractivity contribution in [3.63, 3.8) is 0 Å². The van der Waals surface area contributed by atoms with Crippen molar-refractivity contribution in [2.45, 2.75) is 37.1 Å². The molecule has 0 amide bonds. The van der Waals surface area contributed by atoms with Crippen molar-refractivity contribution in [1.29, 1.82) is 0 Å². The van der Waals surface area contributed by atoms with Gasteiger partial charge in [-0.15, -0.1) is 0 Å². The Morgan fingerprint density at radius 3 is 2.44 bits per heavy atom.